The maximum Gasteiger partial charge on any atom is 0.472 e. The normalized spacial score (nSPS) is 14.6. The molecule has 524 valence electrons. The van der Waals surface area contributed by atoms with Crippen LogP contribution in [0.25, 0.3) is 0 Å². The van der Waals surface area contributed by atoms with Crippen LogP contribution in [0.1, 0.15) is 336 Å². The van der Waals surface area contributed by atoms with Crippen molar-refractivity contribution < 1.29 is 80.2 Å². The Bertz CT molecular complexity index is 1810. The van der Waals surface area contributed by atoms with Crippen LogP contribution < -0.4 is 0 Å². The van der Waals surface area contributed by atoms with Crippen LogP contribution in [0.5, 0.6) is 0 Å². The number of phosphoric ester groups is 2. The summed E-state index contributed by atoms with van der Waals surface area (Å²) in [6.07, 6.45) is 52.0. The van der Waals surface area contributed by atoms with Crippen molar-refractivity contribution in [2.75, 3.05) is 39.6 Å². The van der Waals surface area contributed by atoms with Gasteiger partial charge in [0.1, 0.15) is 19.3 Å². The number of carbonyl (C=O) groups is 4. The van der Waals surface area contributed by atoms with Crippen molar-refractivity contribution in [3.8, 4) is 0 Å². The number of aliphatic hydroxyl groups excluding tert-OH is 1. The number of carbonyl (C=O) groups excluding carboxylic acids is 4. The number of hydrogen-bond donors (Lipinski definition) is 3. The summed E-state index contributed by atoms with van der Waals surface area (Å²) in [6, 6.07) is 0. The van der Waals surface area contributed by atoms with Crippen molar-refractivity contribution in [3.63, 3.8) is 0 Å². The van der Waals surface area contributed by atoms with Crippen LogP contribution in [0, 0.1) is 5.92 Å². The molecule has 0 amide bonds. The van der Waals surface area contributed by atoms with E-state index in [1.165, 1.54) is 148 Å². The molecular formula is C70H132O17P2. The molecule has 17 nitrogen and oxygen atoms in total. The van der Waals surface area contributed by atoms with Crippen molar-refractivity contribution >= 4 is 39.5 Å². The van der Waals surface area contributed by atoms with E-state index >= 15 is 0 Å². The number of ether oxygens (including phenoxy) is 4. The molecule has 0 radical (unpaired) electrons. The largest absolute Gasteiger partial charge is 0.472 e. The molecule has 0 saturated heterocycles. The molecular weight excluding hydrogens is 1170 g/mol. The fourth-order valence-electron chi connectivity index (χ4n) is 10.1. The van der Waals surface area contributed by atoms with Crippen molar-refractivity contribution in [2.24, 2.45) is 5.92 Å². The topological polar surface area (TPSA) is 237 Å². The maximum atomic E-state index is 13.0. The third kappa shape index (κ3) is 62.7. The van der Waals surface area contributed by atoms with Crippen LogP contribution in [0.15, 0.2) is 24.3 Å². The Morgan fingerprint density at radius 3 is 0.955 bits per heavy atom. The smallest absolute Gasteiger partial charge is 0.462 e. The molecule has 0 saturated carbocycles. The Balaban J connectivity index is 5.28. The lowest BCUT2D eigenvalue weighted by Gasteiger charge is -2.21. The summed E-state index contributed by atoms with van der Waals surface area (Å²) in [6.45, 7) is 7.18. The van der Waals surface area contributed by atoms with Crippen molar-refractivity contribution in [3.05, 3.63) is 24.3 Å². The number of phosphoric acid groups is 2. The molecule has 19 heteroatoms. The van der Waals surface area contributed by atoms with Gasteiger partial charge in [-0.2, -0.15) is 0 Å². The van der Waals surface area contributed by atoms with E-state index in [9.17, 15) is 43.2 Å². The van der Waals surface area contributed by atoms with Crippen LogP contribution in [-0.2, 0) is 65.4 Å². The van der Waals surface area contributed by atoms with Crippen LogP contribution >= 0.6 is 15.6 Å². The first-order chi connectivity index (χ1) is 43.1. The van der Waals surface area contributed by atoms with E-state index in [0.29, 0.717) is 25.7 Å². The Morgan fingerprint density at radius 2 is 0.629 bits per heavy atom. The molecule has 3 unspecified atom stereocenters. The Kier molecular flexibility index (Phi) is 61.2. The van der Waals surface area contributed by atoms with Crippen LogP contribution in [-0.4, -0.2) is 96.7 Å². The highest BCUT2D eigenvalue weighted by atomic mass is 31.2. The van der Waals surface area contributed by atoms with Gasteiger partial charge in [0.15, 0.2) is 12.2 Å². The fraction of sp³-hybridized carbons (Fsp3) is 0.886. The summed E-state index contributed by atoms with van der Waals surface area (Å²) in [5.41, 5.74) is 0. The van der Waals surface area contributed by atoms with Gasteiger partial charge in [-0.05, 0) is 57.3 Å². The lowest BCUT2D eigenvalue weighted by molar-refractivity contribution is -0.161. The molecule has 3 N–H and O–H groups in total. The minimum absolute atomic E-state index is 0.0850. The Hall–Kier alpha value is -2.46. The van der Waals surface area contributed by atoms with E-state index < -0.39 is 97.5 Å². The number of aliphatic hydroxyl groups is 1. The van der Waals surface area contributed by atoms with Gasteiger partial charge in [0, 0.05) is 25.7 Å². The zero-order valence-electron chi connectivity index (χ0n) is 57.0. The predicted molar refractivity (Wildman–Crippen MR) is 358 cm³/mol. The van der Waals surface area contributed by atoms with E-state index in [4.69, 9.17) is 37.0 Å². The molecule has 0 aliphatic rings. The molecule has 0 aromatic carbocycles. The molecule has 0 spiro atoms. The van der Waals surface area contributed by atoms with Crippen LogP contribution in [0.2, 0.25) is 0 Å². The second-order valence-corrected chi connectivity index (χ2v) is 27.7. The maximum absolute atomic E-state index is 13.0. The second kappa shape index (κ2) is 63.0. The number of esters is 4. The van der Waals surface area contributed by atoms with E-state index in [1.54, 1.807) is 0 Å². The minimum Gasteiger partial charge on any atom is -0.462 e. The van der Waals surface area contributed by atoms with Crippen molar-refractivity contribution in [2.45, 2.75) is 355 Å². The van der Waals surface area contributed by atoms with E-state index in [1.807, 2.05) is 0 Å². The zero-order valence-corrected chi connectivity index (χ0v) is 58.8. The van der Waals surface area contributed by atoms with Gasteiger partial charge < -0.3 is 33.8 Å². The van der Waals surface area contributed by atoms with Crippen LogP contribution in [0.4, 0.5) is 0 Å². The van der Waals surface area contributed by atoms with Gasteiger partial charge in [0.2, 0.25) is 0 Å². The number of rotatable bonds is 68. The predicted octanol–water partition coefficient (Wildman–Crippen LogP) is 19.7. The molecule has 0 aromatic heterocycles. The first-order valence-electron chi connectivity index (χ1n) is 36.0. The Morgan fingerprint density at radius 1 is 0.360 bits per heavy atom. The molecule has 0 aliphatic heterocycles. The lowest BCUT2D eigenvalue weighted by Crippen LogP contribution is -2.30. The fourth-order valence-corrected chi connectivity index (χ4v) is 11.6. The molecule has 0 aromatic rings. The van der Waals surface area contributed by atoms with Gasteiger partial charge in [-0.15, -0.1) is 0 Å². The number of hydrogen-bond acceptors (Lipinski definition) is 15. The summed E-state index contributed by atoms with van der Waals surface area (Å²) in [7, 11) is -9.91. The quantitative estimate of drug-likeness (QED) is 0.0169. The average molecular weight is 1310 g/mol. The zero-order chi connectivity index (χ0) is 65.6. The molecule has 0 aliphatic carbocycles. The second-order valence-electron chi connectivity index (χ2n) is 24.8. The van der Waals surface area contributed by atoms with Gasteiger partial charge >= 0.3 is 39.5 Å². The SMILES string of the molecule is CCCCCC/C=C\C=C/CCCCCCCC(=O)O[C@H](COC(=O)CCCCCCCCCCCCC(C)CC)COP(=O)(O)OC[C@@H](O)COP(=O)(O)OC[C@@H](COC(=O)CCCCCCCCCCC)OC(=O)CCCCCCCCCCCCC. The summed E-state index contributed by atoms with van der Waals surface area (Å²) >= 11 is 0. The molecule has 6 atom stereocenters. The minimum atomic E-state index is -4.96. The highest BCUT2D eigenvalue weighted by Gasteiger charge is 2.30. The first kappa shape index (κ1) is 86.5. The lowest BCUT2D eigenvalue weighted by atomic mass is 9.99. The van der Waals surface area contributed by atoms with Gasteiger partial charge in [0.25, 0.3) is 0 Å². The standard InChI is InChI=1S/C70H132O17P2/c1-6-10-13-16-19-22-24-25-26-27-29-36-41-46-51-56-70(75)87-66(60-81-68(73)54-49-44-39-34-31-30-33-37-42-47-52-63(5)9-4)62-85-89(78,79)83-58-64(71)57-82-88(76,77)84-61-65(59-80-67(72)53-48-43-38-32-21-18-15-12-8-3)86-69(74)55-50-45-40-35-28-23-20-17-14-11-7-2/h22,24-26,63-66,71H,6-21,23,27-62H2,1-5H3,(H,76,77)(H,78,79)/b24-22-,26-25-/t63?,64-,65+,66+/m0/s1. The summed E-state index contributed by atoms with van der Waals surface area (Å²) in [5, 5.41) is 10.6. The number of unbranched alkanes of at least 4 members (excludes halogenated alkanes) is 36. The van der Waals surface area contributed by atoms with Gasteiger partial charge in [-0.1, -0.05) is 284 Å². The van der Waals surface area contributed by atoms with E-state index in [-0.39, 0.29) is 25.7 Å². The number of allylic oxidation sites excluding steroid dienone is 4. The third-order valence-electron chi connectivity index (χ3n) is 16.0. The Labute approximate surface area is 542 Å². The van der Waals surface area contributed by atoms with Gasteiger partial charge in [-0.3, -0.25) is 37.3 Å². The van der Waals surface area contributed by atoms with Crippen molar-refractivity contribution in [1.82, 2.24) is 0 Å². The van der Waals surface area contributed by atoms with Gasteiger partial charge in [-0.25, -0.2) is 9.13 Å². The van der Waals surface area contributed by atoms with Crippen LogP contribution in [0.3, 0.4) is 0 Å². The first-order valence-corrected chi connectivity index (χ1v) is 39.0. The summed E-state index contributed by atoms with van der Waals surface area (Å²) < 4.78 is 68.2. The average Bonchev–Trinajstić information content (AvgIpc) is 3.69. The molecule has 0 rings (SSSR count). The molecule has 0 heterocycles. The molecule has 0 fully saturated rings. The monoisotopic (exact) mass is 1310 g/mol. The van der Waals surface area contributed by atoms with E-state index in [2.05, 4.69) is 58.9 Å². The summed E-state index contributed by atoms with van der Waals surface area (Å²) in [4.78, 5) is 72.5. The molecule has 0 bridgehead atoms. The summed E-state index contributed by atoms with van der Waals surface area (Å²) in [5.74, 6) is -1.35. The van der Waals surface area contributed by atoms with Crippen molar-refractivity contribution in [1.29, 1.82) is 0 Å². The highest BCUT2D eigenvalue weighted by molar-refractivity contribution is 7.47. The van der Waals surface area contributed by atoms with E-state index in [0.717, 1.165) is 109 Å². The third-order valence-corrected chi connectivity index (χ3v) is 17.9. The van der Waals surface area contributed by atoms with Gasteiger partial charge in [0.05, 0.1) is 26.4 Å². The molecule has 89 heavy (non-hydrogen) atoms. The highest BCUT2D eigenvalue weighted by Crippen LogP contribution is 2.45.